The molecule has 0 unspecified atom stereocenters. The van der Waals surface area contributed by atoms with E-state index in [1.807, 2.05) is 67.6 Å². The van der Waals surface area contributed by atoms with E-state index in [4.69, 9.17) is 0 Å². The van der Waals surface area contributed by atoms with Crippen molar-refractivity contribution < 1.29 is 4.79 Å². The Morgan fingerprint density at radius 2 is 1.90 bits per heavy atom. The second-order valence-electron chi connectivity index (χ2n) is 6.63. The molecule has 3 heterocycles. The molecule has 30 heavy (non-hydrogen) atoms. The molecule has 7 nitrogen and oxygen atoms in total. The summed E-state index contributed by atoms with van der Waals surface area (Å²) in [5.41, 5.74) is 4.50. The van der Waals surface area contributed by atoms with Crippen molar-refractivity contribution in [3.63, 3.8) is 0 Å². The van der Waals surface area contributed by atoms with Crippen LogP contribution in [0.4, 0.5) is 5.69 Å². The Morgan fingerprint density at radius 1 is 1.03 bits per heavy atom. The van der Waals surface area contributed by atoms with Gasteiger partial charge in [0.15, 0.2) is 5.69 Å². The normalized spacial score (nSPS) is 11.0. The van der Waals surface area contributed by atoms with E-state index >= 15 is 0 Å². The topological polar surface area (TPSA) is 85.6 Å². The molecular weight excluding hydrogens is 396 g/mol. The fraction of sp³-hybridized carbons (Fsp3) is 0.0455. The van der Waals surface area contributed by atoms with E-state index in [2.05, 4.69) is 25.5 Å². The van der Waals surface area contributed by atoms with Gasteiger partial charge in [-0.15, -0.1) is 5.10 Å². The molecular formula is C22H16N6OS. The van der Waals surface area contributed by atoms with Crippen LogP contribution in [0.3, 0.4) is 0 Å². The van der Waals surface area contributed by atoms with Gasteiger partial charge in [0.25, 0.3) is 5.91 Å². The van der Waals surface area contributed by atoms with Gasteiger partial charge >= 0.3 is 0 Å². The van der Waals surface area contributed by atoms with Crippen LogP contribution in [0.25, 0.3) is 26.6 Å². The summed E-state index contributed by atoms with van der Waals surface area (Å²) >= 11 is 1.53. The number of thiazole rings is 1. The molecule has 0 saturated carbocycles. The molecule has 0 radical (unpaired) electrons. The number of rotatable bonds is 4. The van der Waals surface area contributed by atoms with Gasteiger partial charge in [-0.1, -0.05) is 41.7 Å². The van der Waals surface area contributed by atoms with Gasteiger partial charge in [0, 0.05) is 17.4 Å². The second kappa shape index (κ2) is 7.49. The third-order valence-corrected chi connectivity index (χ3v) is 5.70. The molecule has 0 bridgehead atoms. The van der Waals surface area contributed by atoms with Gasteiger partial charge in [-0.2, -0.15) is 9.90 Å². The van der Waals surface area contributed by atoms with E-state index in [1.165, 1.54) is 22.3 Å². The fourth-order valence-corrected chi connectivity index (χ4v) is 4.12. The fourth-order valence-electron chi connectivity index (χ4n) is 3.13. The molecule has 5 rings (SSSR count). The van der Waals surface area contributed by atoms with Crippen molar-refractivity contribution in [3.8, 4) is 16.3 Å². The van der Waals surface area contributed by atoms with Gasteiger partial charge in [0.1, 0.15) is 15.4 Å². The van der Waals surface area contributed by atoms with E-state index in [9.17, 15) is 4.79 Å². The van der Waals surface area contributed by atoms with Crippen molar-refractivity contribution in [2.24, 2.45) is 0 Å². The molecule has 1 amide bonds. The van der Waals surface area contributed by atoms with Crippen LogP contribution in [0.1, 0.15) is 16.1 Å². The Labute approximate surface area is 176 Å². The number of nitrogens with zero attached hydrogens (tertiary/aromatic N) is 5. The molecule has 5 aromatic rings. The molecule has 3 aromatic heterocycles. The molecule has 2 aromatic carbocycles. The number of aromatic nitrogens is 5. The highest BCUT2D eigenvalue weighted by atomic mass is 32.1. The molecule has 146 valence electrons. The Hall–Kier alpha value is -3.91. The quantitative estimate of drug-likeness (QED) is 0.470. The molecule has 0 aliphatic heterocycles. The van der Waals surface area contributed by atoms with Crippen molar-refractivity contribution in [1.29, 1.82) is 0 Å². The lowest BCUT2D eigenvalue weighted by Gasteiger charge is -2.10. The molecule has 8 heteroatoms. The number of para-hydroxylation sites is 1. The van der Waals surface area contributed by atoms with Gasteiger partial charge < -0.3 is 5.32 Å². The van der Waals surface area contributed by atoms with Crippen LogP contribution in [-0.4, -0.2) is 30.9 Å². The van der Waals surface area contributed by atoms with Crippen LogP contribution >= 0.6 is 11.3 Å². The zero-order valence-corrected chi connectivity index (χ0v) is 16.8. The van der Waals surface area contributed by atoms with Crippen LogP contribution < -0.4 is 5.32 Å². The van der Waals surface area contributed by atoms with Crippen molar-refractivity contribution in [2.45, 2.75) is 6.92 Å². The summed E-state index contributed by atoms with van der Waals surface area (Å²) < 4.78 is 0. The predicted octanol–water partition coefficient (Wildman–Crippen LogP) is 4.50. The smallest absolute Gasteiger partial charge is 0.277 e. The minimum atomic E-state index is -0.316. The lowest BCUT2D eigenvalue weighted by molar-refractivity contribution is 0.102. The summed E-state index contributed by atoms with van der Waals surface area (Å²) in [5, 5.41) is 12.3. The van der Waals surface area contributed by atoms with E-state index in [0.717, 1.165) is 32.2 Å². The molecule has 0 spiro atoms. The first-order valence-corrected chi connectivity index (χ1v) is 10.1. The number of pyridine rings is 1. The molecule has 0 atom stereocenters. The SMILES string of the molecule is Cc1c(NC(=O)c2cnn(-c3ccccc3)n2)cccc1-c1nc2cccnc2s1. The maximum Gasteiger partial charge on any atom is 0.277 e. The first-order chi connectivity index (χ1) is 14.7. The van der Waals surface area contributed by atoms with E-state index in [0.29, 0.717) is 5.69 Å². The van der Waals surface area contributed by atoms with Crippen LogP contribution in [0.5, 0.6) is 0 Å². The zero-order chi connectivity index (χ0) is 20.5. The van der Waals surface area contributed by atoms with Gasteiger partial charge in [-0.05, 0) is 42.8 Å². The number of hydrogen-bond donors (Lipinski definition) is 1. The number of anilines is 1. The van der Waals surface area contributed by atoms with Crippen LogP contribution in [-0.2, 0) is 0 Å². The number of carbonyl (C=O) groups is 1. The Balaban J connectivity index is 1.42. The van der Waals surface area contributed by atoms with Crippen molar-refractivity contribution >= 4 is 33.3 Å². The minimum Gasteiger partial charge on any atom is -0.320 e. The van der Waals surface area contributed by atoms with Crippen molar-refractivity contribution in [2.75, 3.05) is 5.32 Å². The number of benzene rings is 2. The van der Waals surface area contributed by atoms with Gasteiger partial charge in [0.2, 0.25) is 0 Å². The van der Waals surface area contributed by atoms with Crippen molar-refractivity contribution in [1.82, 2.24) is 25.0 Å². The Bertz CT molecular complexity index is 1330. The molecule has 0 fully saturated rings. The number of fused-ring (bicyclic) bond motifs is 1. The first-order valence-electron chi connectivity index (χ1n) is 9.30. The number of carbonyl (C=O) groups excluding carboxylic acids is 1. The summed E-state index contributed by atoms with van der Waals surface area (Å²) in [4.78, 5) is 24.1. The molecule has 0 aliphatic carbocycles. The predicted molar refractivity (Wildman–Crippen MR) is 117 cm³/mol. The van der Waals surface area contributed by atoms with Gasteiger partial charge in [-0.25, -0.2) is 9.97 Å². The van der Waals surface area contributed by atoms with Crippen LogP contribution in [0.15, 0.2) is 73.1 Å². The van der Waals surface area contributed by atoms with Gasteiger partial charge in [0.05, 0.1) is 11.9 Å². The first kappa shape index (κ1) is 18.1. The third kappa shape index (κ3) is 3.33. The van der Waals surface area contributed by atoms with Crippen LogP contribution in [0, 0.1) is 6.92 Å². The second-order valence-corrected chi connectivity index (χ2v) is 7.61. The highest BCUT2D eigenvalue weighted by molar-refractivity contribution is 7.21. The monoisotopic (exact) mass is 412 g/mol. The average Bonchev–Trinajstić information content (AvgIpc) is 3.43. The summed E-state index contributed by atoms with van der Waals surface area (Å²) in [6.07, 6.45) is 3.22. The summed E-state index contributed by atoms with van der Waals surface area (Å²) in [5.74, 6) is -0.316. The summed E-state index contributed by atoms with van der Waals surface area (Å²) in [6.45, 7) is 1.96. The maximum absolute atomic E-state index is 12.7. The largest absolute Gasteiger partial charge is 0.320 e. The van der Waals surface area contributed by atoms with E-state index < -0.39 is 0 Å². The lowest BCUT2D eigenvalue weighted by atomic mass is 10.1. The highest BCUT2D eigenvalue weighted by Crippen LogP contribution is 2.33. The highest BCUT2D eigenvalue weighted by Gasteiger charge is 2.16. The summed E-state index contributed by atoms with van der Waals surface area (Å²) in [7, 11) is 0. The van der Waals surface area contributed by atoms with Gasteiger partial charge in [-0.3, -0.25) is 4.79 Å². The standard InChI is InChI=1S/C22H16N6OS/c1-14-16(21-26-18-11-6-12-23-22(18)30-21)9-5-10-17(14)25-20(29)19-13-24-28(27-19)15-7-3-2-4-8-15/h2-13H,1H3,(H,25,29). The Kier molecular flexibility index (Phi) is 4.53. The summed E-state index contributed by atoms with van der Waals surface area (Å²) in [6, 6.07) is 19.0. The number of hydrogen-bond acceptors (Lipinski definition) is 6. The Morgan fingerprint density at radius 3 is 2.73 bits per heavy atom. The van der Waals surface area contributed by atoms with E-state index in [-0.39, 0.29) is 11.6 Å². The lowest BCUT2D eigenvalue weighted by Crippen LogP contribution is -2.14. The molecule has 0 aliphatic rings. The molecule has 0 saturated heterocycles. The van der Waals surface area contributed by atoms with Crippen molar-refractivity contribution in [3.05, 3.63) is 84.3 Å². The molecule has 1 N–H and O–H groups in total. The van der Waals surface area contributed by atoms with E-state index in [1.54, 1.807) is 6.20 Å². The average molecular weight is 412 g/mol. The van der Waals surface area contributed by atoms with Crippen LogP contribution in [0.2, 0.25) is 0 Å². The maximum atomic E-state index is 12.7. The number of amides is 1. The minimum absolute atomic E-state index is 0.243. The third-order valence-electron chi connectivity index (χ3n) is 4.69. The number of nitrogens with one attached hydrogen (secondary N) is 1. The zero-order valence-electron chi connectivity index (χ0n) is 16.0.